The van der Waals surface area contributed by atoms with E-state index in [1.165, 1.54) is 38.5 Å². The summed E-state index contributed by atoms with van der Waals surface area (Å²) in [4.78, 5) is 4.51. The highest BCUT2D eigenvalue weighted by atomic mass is 127. The Morgan fingerprint density at radius 2 is 2.08 bits per heavy atom. The van der Waals surface area contributed by atoms with Crippen molar-refractivity contribution >= 4 is 29.9 Å². The Labute approximate surface area is 162 Å². The summed E-state index contributed by atoms with van der Waals surface area (Å²) in [5.74, 6) is 2.15. The zero-order valence-corrected chi connectivity index (χ0v) is 17.2. The van der Waals surface area contributed by atoms with E-state index in [4.69, 9.17) is 4.42 Å². The molecule has 0 aromatic carbocycles. The monoisotopic (exact) mass is 449 g/mol. The van der Waals surface area contributed by atoms with Crippen LogP contribution in [0.5, 0.6) is 0 Å². The first-order chi connectivity index (χ1) is 11.1. The number of furan rings is 1. The normalized spacial score (nSPS) is 18.5. The predicted octanol–water partition coefficient (Wildman–Crippen LogP) is 3.63. The van der Waals surface area contributed by atoms with Crippen molar-refractivity contribution in [3.63, 3.8) is 0 Å². The van der Waals surface area contributed by atoms with Crippen LogP contribution in [0.15, 0.2) is 27.8 Å². The average Bonchev–Trinajstić information content (AvgIpc) is 3.09. The quantitative estimate of drug-likeness (QED) is 0.338. The molecule has 1 aromatic heterocycles. The fourth-order valence-electron chi connectivity index (χ4n) is 3.11. The van der Waals surface area contributed by atoms with Crippen LogP contribution in [0.25, 0.3) is 0 Å². The number of aliphatic hydroxyl groups is 1. The molecular formula is C18H32IN3O2. The Morgan fingerprint density at radius 1 is 1.33 bits per heavy atom. The van der Waals surface area contributed by atoms with Crippen molar-refractivity contribution in [2.45, 2.75) is 58.0 Å². The lowest BCUT2D eigenvalue weighted by atomic mass is 9.87. The molecule has 0 aliphatic heterocycles. The van der Waals surface area contributed by atoms with E-state index in [0.29, 0.717) is 5.76 Å². The van der Waals surface area contributed by atoms with Crippen LogP contribution in [-0.2, 0) is 5.60 Å². The number of rotatable bonds is 7. The molecular weight excluding hydrogens is 417 g/mol. The first-order valence-electron chi connectivity index (χ1n) is 8.90. The van der Waals surface area contributed by atoms with Crippen molar-refractivity contribution < 1.29 is 9.52 Å². The van der Waals surface area contributed by atoms with E-state index < -0.39 is 5.60 Å². The van der Waals surface area contributed by atoms with E-state index in [1.54, 1.807) is 25.3 Å². The first kappa shape index (κ1) is 21.3. The number of nitrogens with zero attached hydrogens (tertiary/aromatic N) is 1. The summed E-state index contributed by atoms with van der Waals surface area (Å²) in [7, 11) is 0. The van der Waals surface area contributed by atoms with Crippen LogP contribution in [-0.4, -0.2) is 30.7 Å². The third-order valence-corrected chi connectivity index (χ3v) is 4.51. The van der Waals surface area contributed by atoms with Crippen LogP contribution in [0.4, 0.5) is 0 Å². The summed E-state index contributed by atoms with van der Waals surface area (Å²) >= 11 is 0. The van der Waals surface area contributed by atoms with E-state index >= 15 is 0 Å². The Bertz CT molecular complexity index is 469. The third kappa shape index (κ3) is 7.01. The predicted molar refractivity (Wildman–Crippen MR) is 109 cm³/mol. The van der Waals surface area contributed by atoms with Crippen molar-refractivity contribution in [3.8, 4) is 0 Å². The van der Waals surface area contributed by atoms with Crippen LogP contribution in [0.2, 0.25) is 0 Å². The van der Waals surface area contributed by atoms with E-state index in [2.05, 4.69) is 15.6 Å². The minimum Gasteiger partial charge on any atom is -0.466 e. The van der Waals surface area contributed by atoms with E-state index in [9.17, 15) is 5.11 Å². The topological polar surface area (TPSA) is 69.8 Å². The second-order valence-electron chi connectivity index (χ2n) is 6.67. The number of hydrogen-bond acceptors (Lipinski definition) is 3. The molecule has 24 heavy (non-hydrogen) atoms. The van der Waals surface area contributed by atoms with Gasteiger partial charge in [-0.15, -0.1) is 24.0 Å². The molecule has 1 atom stereocenters. The smallest absolute Gasteiger partial charge is 0.191 e. The average molecular weight is 449 g/mol. The van der Waals surface area contributed by atoms with Gasteiger partial charge >= 0.3 is 0 Å². The van der Waals surface area contributed by atoms with Gasteiger partial charge in [-0.2, -0.15) is 0 Å². The SMILES string of the molecule is CCNC(=NCC(C)(O)c1ccco1)NCCC1CCCCC1.I. The standard InChI is InChI=1S/C18H31N3O2.HI/c1-3-19-17(20-12-11-15-8-5-4-6-9-15)21-14-18(2,22)16-10-7-13-23-16;/h7,10,13,15,22H,3-6,8-9,11-12,14H2,1-2H3,(H2,19,20,21);1H. The summed E-state index contributed by atoms with van der Waals surface area (Å²) in [6.07, 6.45) is 9.65. The van der Waals surface area contributed by atoms with Crippen LogP contribution in [0.3, 0.4) is 0 Å². The molecule has 0 spiro atoms. The van der Waals surface area contributed by atoms with Crippen LogP contribution < -0.4 is 10.6 Å². The Hall–Kier alpha value is -0.760. The lowest BCUT2D eigenvalue weighted by Crippen LogP contribution is -2.39. The van der Waals surface area contributed by atoms with Gasteiger partial charge in [-0.05, 0) is 38.3 Å². The number of aliphatic imine (C=N–C) groups is 1. The second kappa shape index (κ2) is 11.0. The molecule has 6 heteroatoms. The Balaban J connectivity index is 0.00000288. The number of guanidine groups is 1. The Kier molecular flexibility index (Phi) is 9.73. The minimum absolute atomic E-state index is 0. The van der Waals surface area contributed by atoms with Gasteiger partial charge in [0, 0.05) is 13.1 Å². The van der Waals surface area contributed by atoms with Gasteiger partial charge in [-0.1, -0.05) is 32.1 Å². The van der Waals surface area contributed by atoms with Crippen molar-refractivity contribution in [1.29, 1.82) is 0 Å². The van der Waals surface area contributed by atoms with Crippen LogP contribution in [0.1, 0.15) is 58.1 Å². The van der Waals surface area contributed by atoms with Crippen molar-refractivity contribution in [3.05, 3.63) is 24.2 Å². The molecule has 138 valence electrons. The summed E-state index contributed by atoms with van der Waals surface area (Å²) < 4.78 is 5.29. The molecule has 1 unspecified atom stereocenters. The minimum atomic E-state index is -1.09. The van der Waals surface area contributed by atoms with Gasteiger partial charge in [-0.25, -0.2) is 4.99 Å². The highest BCUT2D eigenvalue weighted by Crippen LogP contribution is 2.25. The second-order valence-corrected chi connectivity index (χ2v) is 6.67. The van der Waals surface area contributed by atoms with Gasteiger partial charge in [0.2, 0.25) is 0 Å². The summed E-state index contributed by atoms with van der Waals surface area (Å²) in [5.41, 5.74) is -1.09. The molecule has 0 radical (unpaired) electrons. The third-order valence-electron chi connectivity index (χ3n) is 4.51. The number of halogens is 1. The number of hydrogen-bond donors (Lipinski definition) is 3. The molecule has 0 saturated heterocycles. The van der Waals surface area contributed by atoms with E-state index in [1.807, 2.05) is 6.92 Å². The maximum absolute atomic E-state index is 10.5. The Morgan fingerprint density at radius 3 is 2.71 bits per heavy atom. The van der Waals surface area contributed by atoms with Gasteiger partial charge in [-0.3, -0.25) is 0 Å². The lowest BCUT2D eigenvalue weighted by Gasteiger charge is -2.22. The summed E-state index contributed by atoms with van der Waals surface area (Å²) in [6.45, 7) is 5.76. The van der Waals surface area contributed by atoms with Crippen molar-refractivity contribution in [2.75, 3.05) is 19.6 Å². The molecule has 1 aromatic rings. The molecule has 1 heterocycles. The molecule has 0 amide bonds. The summed E-state index contributed by atoms with van der Waals surface area (Å²) in [6, 6.07) is 3.56. The molecule has 3 N–H and O–H groups in total. The van der Waals surface area contributed by atoms with Gasteiger partial charge in [0.15, 0.2) is 5.96 Å². The van der Waals surface area contributed by atoms with Crippen LogP contribution >= 0.6 is 24.0 Å². The van der Waals surface area contributed by atoms with E-state index in [0.717, 1.165) is 25.0 Å². The largest absolute Gasteiger partial charge is 0.466 e. The zero-order valence-electron chi connectivity index (χ0n) is 14.9. The molecule has 2 rings (SSSR count). The van der Waals surface area contributed by atoms with E-state index in [-0.39, 0.29) is 30.5 Å². The fourth-order valence-corrected chi connectivity index (χ4v) is 3.11. The fraction of sp³-hybridized carbons (Fsp3) is 0.722. The maximum Gasteiger partial charge on any atom is 0.191 e. The molecule has 5 nitrogen and oxygen atoms in total. The van der Waals surface area contributed by atoms with Crippen molar-refractivity contribution in [2.24, 2.45) is 10.9 Å². The molecule has 1 aliphatic carbocycles. The summed E-state index contributed by atoms with van der Waals surface area (Å²) in [5, 5.41) is 17.1. The number of nitrogens with one attached hydrogen (secondary N) is 2. The van der Waals surface area contributed by atoms with Crippen LogP contribution in [0, 0.1) is 5.92 Å². The first-order valence-corrected chi connectivity index (χ1v) is 8.90. The van der Waals surface area contributed by atoms with Gasteiger partial charge in [0.1, 0.15) is 11.4 Å². The van der Waals surface area contributed by atoms with Crippen molar-refractivity contribution in [1.82, 2.24) is 10.6 Å². The maximum atomic E-state index is 10.5. The van der Waals surface area contributed by atoms with Gasteiger partial charge in [0.05, 0.1) is 12.8 Å². The molecule has 0 bridgehead atoms. The highest BCUT2D eigenvalue weighted by Gasteiger charge is 2.26. The molecule has 1 saturated carbocycles. The highest BCUT2D eigenvalue weighted by molar-refractivity contribution is 14.0. The van der Waals surface area contributed by atoms with Gasteiger partial charge < -0.3 is 20.2 Å². The zero-order chi connectivity index (χ0) is 16.5. The van der Waals surface area contributed by atoms with Gasteiger partial charge in [0.25, 0.3) is 0 Å². The molecule has 1 fully saturated rings. The lowest BCUT2D eigenvalue weighted by molar-refractivity contribution is 0.0437. The molecule has 1 aliphatic rings.